The van der Waals surface area contributed by atoms with Gasteiger partial charge >= 0.3 is 0 Å². The zero-order chi connectivity index (χ0) is 19.2. The van der Waals surface area contributed by atoms with E-state index in [9.17, 15) is 10.1 Å². The van der Waals surface area contributed by atoms with Gasteiger partial charge in [-0.25, -0.2) is 0 Å². The Balaban J connectivity index is 1.94. The molecule has 27 heavy (non-hydrogen) atoms. The molecule has 0 saturated carbocycles. The number of thiocarbonyl (C=S) groups is 1. The summed E-state index contributed by atoms with van der Waals surface area (Å²) in [5.74, 6) is 0. The summed E-state index contributed by atoms with van der Waals surface area (Å²) in [5, 5.41) is 15.3. The highest BCUT2D eigenvalue weighted by Crippen LogP contribution is 2.35. The number of ether oxygens (including phenoxy) is 1. The number of non-ortho nitro benzene ring substituents is 1. The summed E-state index contributed by atoms with van der Waals surface area (Å²) in [7, 11) is 0. The predicted octanol–water partition coefficient (Wildman–Crippen LogP) is 2.18. The number of nitrogens with one attached hydrogen (secondary N) is 1. The van der Waals surface area contributed by atoms with Crippen LogP contribution in [-0.4, -0.2) is 47.5 Å². The second-order valence-electron chi connectivity index (χ2n) is 6.23. The minimum Gasteiger partial charge on any atom is -0.378 e. The van der Waals surface area contributed by atoms with Crippen LogP contribution >= 0.6 is 12.2 Å². The van der Waals surface area contributed by atoms with Crippen molar-refractivity contribution >= 4 is 35.3 Å². The fourth-order valence-electron chi connectivity index (χ4n) is 3.27. The average molecular weight is 387 g/mol. The van der Waals surface area contributed by atoms with Gasteiger partial charge in [0.05, 0.1) is 24.4 Å². The Morgan fingerprint density at radius 3 is 2.85 bits per heavy atom. The molecule has 0 aromatic heterocycles. The van der Waals surface area contributed by atoms with E-state index < -0.39 is 0 Å². The molecule has 0 bridgehead atoms. The van der Waals surface area contributed by atoms with Crippen LogP contribution in [0.1, 0.15) is 18.4 Å². The Bertz CT molecular complexity index is 828. The van der Waals surface area contributed by atoms with Gasteiger partial charge in [-0.05, 0) is 47.8 Å². The van der Waals surface area contributed by atoms with E-state index in [1.165, 1.54) is 6.07 Å². The minimum atomic E-state index is -0.380. The van der Waals surface area contributed by atoms with Gasteiger partial charge in [0.1, 0.15) is 0 Å². The van der Waals surface area contributed by atoms with Crippen LogP contribution in [0.15, 0.2) is 46.2 Å². The van der Waals surface area contributed by atoms with Crippen molar-refractivity contribution in [2.24, 2.45) is 10.8 Å². The fourth-order valence-corrected chi connectivity index (χ4v) is 3.33. The number of rotatable bonds is 5. The molecule has 3 N–H and O–H groups in total. The van der Waals surface area contributed by atoms with Crippen LogP contribution in [0.5, 0.6) is 0 Å². The van der Waals surface area contributed by atoms with Crippen LogP contribution in [0.2, 0.25) is 0 Å². The van der Waals surface area contributed by atoms with Gasteiger partial charge in [-0.15, -0.1) is 0 Å². The van der Waals surface area contributed by atoms with Crippen LogP contribution < -0.4 is 11.2 Å². The molecule has 1 fully saturated rings. The first-order valence-corrected chi connectivity index (χ1v) is 9.05. The third kappa shape index (κ3) is 4.89. The monoisotopic (exact) mass is 387 g/mol. The van der Waals surface area contributed by atoms with E-state index >= 15 is 0 Å². The summed E-state index contributed by atoms with van der Waals surface area (Å²) in [4.78, 5) is 12.9. The summed E-state index contributed by atoms with van der Waals surface area (Å²) < 4.78 is 5.46. The molecule has 0 spiro atoms. The first-order chi connectivity index (χ1) is 13.0. The normalized spacial score (nSPS) is 19.1. The number of nitrogens with two attached hydrogens (primary N) is 1. The van der Waals surface area contributed by atoms with Gasteiger partial charge in [0.25, 0.3) is 5.69 Å². The van der Waals surface area contributed by atoms with Crippen molar-refractivity contribution < 1.29 is 9.66 Å². The SMILES string of the molecule is NC(=S)NN=CC1=C(N2CCOCC2)C(=Cc2cccc([N+](=O)[O-])c2)CC1. The molecule has 0 atom stereocenters. The van der Waals surface area contributed by atoms with E-state index in [1.54, 1.807) is 18.3 Å². The third-order valence-electron chi connectivity index (χ3n) is 4.42. The maximum Gasteiger partial charge on any atom is 0.270 e. The standard InChI is InChI=1S/C18H21N5O3S/c19-18(27)21-20-12-15-5-4-14(17(15)22-6-8-26-9-7-22)10-13-2-1-3-16(11-13)23(24)25/h1-3,10-12H,4-9H2,(H3,19,21,27). The highest BCUT2D eigenvalue weighted by Gasteiger charge is 2.25. The molecular formula is C18H21N5O3S. The number of hydrazone groups is 1. The minimum absolute atomic E-state index is 0.0849. The lowest BCUT2D eigenvalue weighted by atomic mass is 10.1. The van der Waals surface area contributed by atoms with Crippen molar-refractivity contribution in [3.63, 3.8) is 0 Å². The number of nitro benzene ring substituents is 1. The van der Waals surface area contributed by atoms with Gasteiger partial charge in [-0.1, -0.05) is 12.1 Å². The number of nitrogens with zero attached hydrogens (tertiary/aromatic N) is 3. The van der Waals surface area contributed by atoms with E-state index in [1.807, 2.05) is 12.1 Å². The zero-order valence-electron chi connectivity index (χ0n) is 14.8. The Morgan fingerprint density at radius 1 is 1.37 bits per heavy atom. The van der Waals surface area contributed by atoms with Crippen LogP contribution in [0.25, 0.3) is 6.08 Å². The lowest BCUT2D eigenvalue weighted by molar-refractivity contribution is -0.384. The molecule has 1 saturated heterocycles. The lowest BCUT2D eigenvalue weighted by Crippen LogP contribution is -2.36. The molecule has 0 unspecified atom stereocenters. The molecule has 1 heterocycles. The van der Waals surface area contributed by atoms with Crippen LogP contribution in [-0.2, 0) is 4.74 Å². The Kier molecular flexibility index (Phi) is 6.15. The molecule has 9 heteroatoms. The second kappa shape index (κ2) is 8.74. The van der Waals surface area contributed by atoms with Crippen molar-refractivity contribution in [2.75, 3.05) is 26.3 Å². The Hall–Kier alpha value is -2.78. The molecular weight excluding hydrogens is 366 g/mol. The van der Waals surface area contributed by atoms with Crippen LogP contribution in [0, 0.1) is 10.1 Å². The molecule has 0 radical (unpaired) electrons. The van der Waals surface area contributed by atoms with Gasteiger partial charge in [0.15, 0.2) is 5.11 Å². The Labute approximate surface area is 162 Å². The fraction of sp³-hybridized carbons (Fsp3) is 0.333. The highest BCUT2D eigenvalue weighted by atomic mass is 32.1. The van der Waals surface area contributed by atoms with Crippen LogP contribution in [0.4, 0.5) is 5.69 Å². The van der Waals surface area contributed by atoms with E-state index in [-0.39, 0.29) is 15.7 Å². The summed E-state index contributed by atoms with van der Waals surface area (Å²) in [6.07, 6.45) is 5.43. The molecule has 1 aromatic carbocycles. The summed E-state index contributed by atoms with van der Waals surface area (Å²) in [6, 6.07) is 6.66. The van der Waals surface area contributed by atoms with Crippen molar-refractivity contribution in [1.82, 2.24) is 10.3 Å². The lowest BCUT2D eigenvalue weighted by Gasteiger charge is -2.31. The van der Waals surface area contributed by atoms with Crippen LogP contribution in [0.3, 0.4) is 0 Å². The van der Waals surface area contributed by atoms with Gasteiger partial charge in [0.2, 0.25) is 0 Å². The van der Waals surface area contributed by atoms with E-state index in [4.69, 9.17) is 22.7 Å². The maximum atomic E-state index is 11.0. The van der Waals surface area contributed by atoms with Gasteiger partial charge in [-0.2, -0.15) is 5.10 Å². The number of morpholine rings is 1. The van der Waals surface area contributed by atoms with Gasteiger partial charge in [-0.3, -0.25) is 15.5 Å². The van der Waals surface area contributed by atoms with E-state index in [0.717, 1.165) is 48.3 Å². The smallest absolute Gasteiger partial charge is 0.270 e. The summed E-state index contributed by atoms with van der Waals surface area (Å²) in [6.45, 7) is 2.93. The van der Waals surface area contributed by atoms with Crippen molar-refractivity contribution in [2.45, 2.75) is 12.8 Å². The molecule has 2 aliphatic rings. The number of hydrogen-bond donors (Lipinski definition) is 2. The number of allylic oxidation sites excluding steroid dienone is 2. The molecule has 8 nitrogen and oxygen atoms in total. The van der Waals surface area contributed by atoms with E-state index in [0.29, 0.717) is 13.2 Å². The molecule has 1 aliphatic heterocycles. The first kappa shape index (κ1) is 19.0. The quantitative estimate of drug-likeness (QED) is 0.345. The number of hydrogen-bond acceptors (Lipinski definition) is 6. The second-order valence-corrected chi connectivity index (χ2v) is 6.67. The molecule has 3 rings (SSSR count). The largest absolute Gasteiger partial charge is 0.378 e. The molecule has 142 valence electrons. The maximum absolute atomic E-state index is 11.0. The average Bonchev–Trinajstić information content (AvgIpc) is 3.04. The predicted molar refractivity (Wildman–Crippen MR) is 108 cm³/mol. The number of benzene rings is 1. The first-order valence-electron chi connectivity index (χ1n) is 8.64. The van der Waals surface area contributed by atoms with Crippen molar-refractivity contribution in [3.8, 4) is 0 Å². The van der Waals surface area contributed by atoms with E-state index in [2.05, 4.69) is 15.4 Å². The molecule has 1 aromatic rings. The molecule has 0 amide bonds. The summed E-state index contributed by atoms with van der Waals surface area (Å²) in [5.41, 5.74) is 12.2. The van der Waals surface area contributed by atoms with Crippen molar-refractivity contribution in [1.29, 1.82) is 0 Å². The highest BCUT2D eigenvalue weighted by molar-refractivity contribution is 7.80. The van der Waals surface area contributed by atoms with Crippen molar-refractivity contribution in [3.05, 3.63) is 56.8 Å². The zero-order valence-corrected chi connectivity index (χ0v) is 15.6. The van der Waals surface area contributed by atoms with Gasteiger partial charge < -0.3 is 15.4 Å². The third-order valence-corrected chi connectivity index (χ3v) is 4.51. The van der Waals surface area contributed by atoms with Gasteiger partial charge in [0, 0.05) is 30.9 Å². The Morgan fingerprint density at radius 2 is 2.15 bits per heavy atom. The molecule has 1 aliphatic carbocycles. The topological polar surface area (TPSA) is 106 Å². The summed E-state index contributed by atoms with van der Waals surface area (Å²) >= 11 is 4.78. The number of nitro groups is 1.